The third-order valence-electron chi connectivity index (χ3n) is 3.06. The smallest absolute Gasteiger partial charge is 0.171 e. The van der Waals surface area contributed by atoms with Gasteiger partial charge in [0.1, 0.15) is 5.75 Å². The summed E-state index contributed by atoms with van der Waals surface area (Å²) in [6.45, 7) is 6.23. The predicted octanol–water partition coefficient (Wildman–Crippen LogP) is 3.84. The molecule has 2 aromatic rings. The average Bonchev–Trinajstić information content (AvgIpc) is 2.84. The van der Waals surface area contributed by atoms with Gasteiger partial charge in [-0.1, -0.05) is 25.1 Å². The summed E-state index contributed by atoms with van der Waals surface area (Å²) in [5, 5.41) is 0.973. The lowest BCUT2D eigenvalue weighted by atomic mass is 10.2. The molecule has 0 atom stereocenters. The Labute approximate surface area is 123 Å². The zero-order valence-electron chi connectivity index (χ0n) is 12.1. The van der Waals surface area contributed by atoms with Crippen LogP contribution in [-0.4, -0.2) is 17.4 Å². The Morgan fingerprint density at radius 2 is 2.10 bits per heavy atom. The third-order valence-corrected chi connectivity index (χ3v) is 4.32. The van der Waals surface area contributed by atoms with Crippen molar-refractivity contribution in [3.05, 3.63) is 45.4 Å². The third kappa shape index (κ3) is 3.45. The molecule has 0 saturated carbocycles. The van der Waals surface area contributed by atoms with Crippen LogP contribution in [0.1, 0.15) is 39.8 Å². The number of aryl methyl sites for hydroxylation is 2. The first-order valence-electron chi connectivity index (χ1n) is 6.79. The minimum Gasteiger partial charge on any atom is -0.493 e. The summed E-state index contributed by atoms with van der Waals surface area (Å²) in [6, 6.07) is 7.96. The van der Waals surface area contributed by atoms with E-state index in [2.05, 4.69) is 4.98 Å². The Hall–Kier alpha value is -1.68. The Balaban J connectivity index is 1.98. The molecular weight excluding hydrogens is 270 g/mol. The lowest BCUT2D eigenvalue weighted by Crippen LogP contribution is -2.02. The van der Waals surface area contributed by atoms with Crippen LogP contribution in [0.3, 0.4) is 0 Å². The van der Waals surface area contributed by atoms with E-state index in [0.717, 1.165) is 39.7 Å². The average molecular weight is 289 g/mol. The Kier molecular flexibility index (Phi) is 4.90. The van der Waals surface area contributed by atoms with Gasteiger partial charge < -0.3 is 4.74 Å². The van der Waals surface area contributed by atoms with E-state index >= 15 is 0 Å². The molecule has 106 valence electrons. The van der Waals surface area contributed by atoms with Crippen LogP contribution in [0.25, 0.3) is 0 Å². The summed E-state index contributed by atoms with van der Waals surface area (Å²) in [7, 11) is 0. The van der Waals surface area contributed by atoms with Crippen molar-refractivity contribution in [2.75, 3.05) is 6.61 Å². The first kappa shape index (κ1) is 14.7. The van der Waals surface area contributed by atoms with Crippen LogP contribution in [0.4, 0.5) is 0 Å². The molecule has 0 radical (unpaired) electrons. The van der Waals surface area contributed by atoms with Gasteiger partial charge in [0.15, 0.2) is 5.78 Å². The van der Waals surface area contributed by atoms with Crippen molar-refractivity contribution in [3.8, 4) is 5.75 Å². The van der Waals surface area contributed by atoms with E-state index in [1.54, 1.807) is 6.92 Å². The Morgan fingerprint density at radius 1 is 1.35 bits per heavy atom. The fourth-order valence-corrected chi connectivity index (χ4v) is 3.02. The summed E-state index contributed by atoms with van der Waals surface area (Å²) >= 11 is 1.49. The van der Waals surface area contributed by atoms with E-state index in [1.807, 2.05) is 38.1 Å². The molecule has 0 saturated heterocycles. The Bertz CT molecular complexity index is 604. The number of nitrogens with zero attached hydrogens (tertiary/aromatic N) is 1. The van der Waals surface area contributed by atoms with E-state index in [0.29, 0.717) is 6.61 Å². The number of hydrogen-bond acceptors (Lipinski definition) is 4. The molecule has 4 heteroatoms. The van der Waals surface area contributed by atoms with Crippen LogP contribution in [0.15, 0.2) is 24.3 Å². The molecule has 1 aromatic heterocycles. The van der Waals surface area contributed by atoms with Crippen LogP contribution in [0.5, 0.6) is 5.75 Å². The zero-order chi connectivity index (χ0) is 14.5. The van der Waals surface area contributed by atoms with Gasteiger partial charge in [-0.25, -0.2) is 4.98 Å². The molecule has 2 rings (SSSR count). The number of aromatic nitrogens is 1. The summed E-state index contributed by atoms with van der Waals surface area (Å²) in [6.07, 6.45) is 1.53. The normalized spacial score (nSPS) is 10.6. The maximum atomic E-state index is 11.5. The van der Waals surface area contributed by atoms with Gasteiger partial charge >= 0.3 is 0 Å². The second kappa shape index (κ2) is 6.66. The molecular formula is C16H19NO2S. The lowest BCUT2D eigenvalue weighted by molar-refractivity contribution is 0.102. The number of thiazole rings is 1. The SMILES string of the molecule is CCc1nc(CCOc2ccccc2C)sc1C(C)=O. The number of hydrogen-bond donors (Lipinski definition) is 0. The first-order chi connectivity index (χ1) is 9.61. The largest absolute Gasteiger partial charge is 0.493 e. The number of ketones is 1. The second-order valence-electron chi connectivity index (χ2n) is 4.66. The highest BCUT2D eigenvalue weighted by molar-refractivity contribution is 7.13. The van der Waals surface area contributed by atoms with E-state index in [1.165, 1.54) is 11.3 Å². The van der Waals surface area contributed by atoms with E-state index in [-0.39, 0.29) is 5.78 Å². The van der Waals surface area contributed by atoms with Crippen LogP contribution in [-0.2, 0) is 12.8 Å². The molecule has 0 amide bonds. The van der Waals surface area contributed by atoms with Gasteiger partial charge in [0, 0.05) is 13.3 Å². The maximum absolute atomic E-state index is 11.5. The molecule has 0 aliphatic carbocycles. The van der Waals surface area contributed by atoms with E-state index in [4.69, 9.17) is 4.74 Å². The predicted molar refractivity (Wildman–Crippen MR) is 81.9 cm³/mol. The highest BCUT2D eigenvalue weighted by Gasteiger charge is 2.13. The number of carbonyl (C=O) groups is 1. The van der Waals surface area contributed by atoms with Crippen molar-refractivity contribution in [2.24, 2.45) is 0 Å². The molecule has 0 spiro atoms. The molecule has 1 aromatic carbocycles. The molecule has 0 aliphatic heterocycles. The minimum absolute atomic E-state index is 0.102. The monoisotopic (exact) mass is 289 g/mol. The number of carbonyl (C=O) groups excluding carboxylic acids is 1. The summed E-state index contributed by atoms with van der Waals surface area (Å²) in [4.78, 5) is 16.8. The van der Waals surface area contributed by atoms with Crippen molar-refractivity contribution in [1.29, 1.82) is 0 Å². The van der Waals surface area contributed by atoms with Crippen molar-refractivity contribution in [2.45, 2.75) is 33.6 Å². The summed E-state index contributed by atoms with van der Waals surface area (Å²) in [5.74, 6) is 1.01. The highest BCUT2D eigenvalue weighted by Crippen LogP contribution is 2.21. The fourth-order valence-electron chi connectivity index (χ4n) is 1.99. The van der Waals surface area contributed by atoms with Crippen LogP contribution in [0.2, 0.25) is 0 Å². The van der Waals surface area contributed by atoms with Crippen molar-refractivity contribution >= 4 is 17.1 Å². The maximum Gasteiger partial charge on any atom is 0.171 e. The number of Topliss-reactive ketones (excluding diaryl/α,β-unsaturated/α-hetero) is 1. The van der Waals surface area contributed by atoms with E-state index < -0.39 is 0 Å². The lowest BCUT2D eigenvalue weighted by Gasteiger charge is -2.07. The van der Waals surface area contributed by atoms with E-state index in [9.17, 15) is 4.79 Å². The van der Waals surface area contributed by atoms with Crippen molar-refractivity contribution < 1.29 is 9.53 Å². The quantitative estimate of drug-likeness (QED) is 0.758. The molecule has 0 fully saturated rings. The number of rotatable bonds is 6. The zero-order valence-corrected chi connectivity index (χ0v) is 12.9. The first-order valence-corrected chi connectivity index (χ1v) is 7.61. The summed E-state index contributed by atoms with van der Waals surface area (Å²) in [5.41, 5.74) is 2.04. The minimum atomic E-state index is 0.102. The molecule has 20 heavy (non-hydrogen) atoms. The van der Waals surface area contributed by atoms with Crippen molar-refractivity contribution in [1.82, 2.24) is 4.98 Å². The van der Waals surface area contributed by atoms with Gasteiger partial charge in [0.05, 0.1) is 22.2 Å². The van der Waals surface area contributed by atoms with Crippen LogP contribution < -0.4 is 4.74 Å². The molecule has 0 unspecified atom stereocenters. The van der Waals surface area contributed by atoms with Gasteiger partial charge in [-0.15, -0.1) is 11.3 Å². The second-order valence-corrected chi connectivity index (χ2v) is 5.74. The number of benzene rings is 1. The van der Waals surface area contributed by atoms with Crippen LogP contribution >= 0.6 is 11.3 Å². The standard InChI is InChI=1S/C16H19NO2S/c1-4-13-16(12(3)18)20-15(17-13)9-10-19-14-8-6-5-7-11(14)2/h5-8H,4,9-10H2,1-3H3. The Morgan fingerprint density at radius 3 is 2.70 bits per heavy atom. The molecule has 0 N–H and O–H groups in total. The number of para-hydroxylation sites is 1. The van der Waals surface area contributed by atoms with Gasteiger partial charge in [-0.3, -0.25) is 4.79 Å². The highest BCUT2D eigenvalue weighted by atomic mass is 32.1. The van der Waals surface area contributed by atoms with Gasteiger partial charge in [0.2, 0.25) is 0 Å². The molecule has 1 heterocycles. The number of ether oxygens (including phenoxy) is 1. The molecule has 0 bridgehead atoms. The van der Waals surface area contributed by atoms with Gasteiger partial charge in [-0.05, 0) is 25.0 Å². The molecule has 3 nitrogen and oxygen atoms in total. The molecule has 0 aliphatic rings. The van der Waals surface area contributed by atoms with Crippen LogP contribution in [0, 0.1) is 6.92 Å². The topological polar surface area (TPSA) is 39.2 Å². The summed E-state index contributed by atoms with van der Waals surface area (Å²) < 4.78 is 5.77. The fraction of sp³-hybridized carbons (Fsp3) is 0.375. The van der Waals surface area contributed by atoms with Gasteiger partial charge in [0.25, 0.3) is 0 Å². The van der Waals surface area contributed by atoms with Gasteiger partial charge in [-0.2, -0.15) is 0 Å². The van der Waals surface area contributed by atoms with Crippen molar-refractivity contribution in [3.63, 3.8) is 0 Å².